The van der Waals surface area contributed by atoms with E-state index in [0.29, 0.717) is 40.5 Å². The number of hydrogen-bond donors (Lipinski definition) is 0. The molecule has 6 heteroatoms. The fourth-order valence-electron chi connectivity index (χ4n) is 3.29. The van der Waals surface area contributed by atoms with Crippen LogP contribution in [-0.2, 0) is 17.9 Å². The first-order valence-electron chi connectivity index (χ1n) is 10.4. The Morgan fingerprint density at radius 3 is 2.28 bits per heavy atom. The van der Waals surface area contributed by atoms with E-state index in [0.717, 1.165) is 16.7 Å². The first-order valence-corrected chi connectivity index (χ1v) is 11.6. The van der Waals surface area contributed by atoms with Crippen LogP contribution in [0.2, 0.25) is 0 Å². The number of rotatable bonds is 8. The van der Waals surface area contributed by atoms with Gasteiger partial charge in [-0.1, -0.05) is 90.7 Å². The topological polar surface area (TPSA) is 38.8 Å². The number of carbonyl (C=O) groups excluding carboxylic acids is 1. The van der Waals surface area contributed by atoms with Gasteiger partial charge in [0.2, 0.25) is 0 Å². The predicted molar refractivity (Wildman–Crippen MR) is 134 cm³/mol. The van der Waals surface area contributed by atoms with Crippen molar-refractivity contribution in [2.75, 3.05) is 6.61 Å². The molecule has 0 radical (unpaired) electrons. The molecule has 32 heavy (non-hydrogen) atoms. The molecule has 3 aromatic carbocycles. The molecule has 0 unspecified atom stereocenters. The summed E-state index contributed by atoms with van der Waals surface area (Å²) in [6.45, 7) is 3.38. The average Bonchev–Trinajstić information content (AvgIpc) is 3.07. The molecule has 0 bridgehead atoms. The zero-order valence-corrected chi connectivity index (χ0v) is 19.3. The number of ether oxygens (including phenoxy) is 2. The maximum Gasteiger partial charge on any atom is 0.266 e. The van der Waals surface area contributed by atoms with Crippen LogP contribution in [-0.4, -0.2) is 21.7 Å². The highest BCUT2D eigenvalue weighted by atomic mass is 32.2. The van der Waals surface area contributed by atoms with E-state index in [9.17, 15) is 4.79 Å². The third-order valence-corrected chi connectivity index (χ3v) is 6.24. The molecule has 0 atom stereocenters. The summed E-state index contributed by atoms with van der Waals surface area (Å²) in [6.07, 6.45) is 1.85. The Kier molecular flexibility index (Phi) is 7.24. The van der Waals surface area contributed by atoms with Gasteiger partial charge in [0.1, 0.15) is 10.9 Å². The largest absolute Gasteiger partial charge is 0.490 e. The Morgan fingerprint density at radius 1 is 0.906 bits per heavy atom. The van der Waals surface area contributed by atoms with Crippen molar-refractivity contribution in [3.05, 3.63) is 100 Å². The van der Waals surface area contributed by atoms with Crippen molar-refractivity contribution in [3.8, 4) is 11.5 Å². The molecule has 0 saturated carbocycles. The van der Waals surface area contributed by atoms with Crippen LogP contribution in [0.5, 0.6) is 11.5 Å². The van der Waals surface area contributed by atoms with Crippen LogP contribution in [0.3, 0.4) is 0 Å². The van der Waals surface area contributed by atoms with Gasteiger partial charge in [0.15, 0.2) is 11.5 Å². The molecule has 0 aliphatic carbocycles. The van der Waals surface area contributed by atoms with Crippen LogP contribution in [0.25, 0.3) is 6.08 Å². The van der Waals surface area contributed by atoms with Gasteiger partial charge in [0, 0.05) is 0 Å². The smallest absolute Gasteiger partial charge is 0.266 e. The molecule has 162 valence electrons. The van der Waals surface area contributed by atoms with Crippen molar-refractivity contribution in [2.45, 2.75) is 20.1 Å². The Morgan fingerprint density at radius 2 is 1.59 bits per heavy atom. The molecule has 3 aromatic rings. The quantitative estimate of drug-likeness (QED) is 0.301. The SMILES string of the molecule is CCOc1cc(/C=C2\SC(=S)N(Cc3ccccc3)C2=O)ccc1OCc1ccccc1. The summed E-state index contributed by atoms with van der Waals surface area (Å²) in [7, 11) is 0. The zero-order chi connectivity index (χ0) is 22.3. The number of nitrogens with zero attached hydrogens (tertiary/aromatic N) is 1. The first-order chi connectivity index (χ1) is 15.6. The molecule has 0 aromatic heterocycles. The van der Waals surface area contributed by atoms with Gasteiger partial charge in [-0.3, -0.25) is 9.69 Å². The Balaban J connectivity index is 1.51. The van der Waals surface area contributed by atoms with Crippen LogP contribution >= 0.6 is 24.0 Å². The summed E-state index contributed by atoms with van der Waals surface area (Å²) in [4.78, 5) is 15.2. The lowest BCUT2D eigenvalue weighted by atomic mass is 10.1. The second-order valence-corrected chi connectivity index (χ2v) is 8.84. The molecule has 4 nitrogen and oxygen atoms in total. The number of carbonyl (C=O) groups is 1. The minimum Gasteiger partial charge on any atom is -0.490 e. The lowest BCUT2D eigenvalue weighted by Crippen LogP contribution is -2.27. The molecule has 4 rings (SSSR count). The third kappa shape index (κ3) is 5.39. The van der Waals surface area contributed by atoms with E-state index >= 15 is 0 Å². The van der Waals surface area contributed by atoms with Crippen molar-refractivity contribution in [3.63, 3.8) is 0 Å². The van der Waals surface area contributed by atoms with E-state index < -0.39 is 0 Å². The highest BCUT2D eigenvalue weighted by Crippen LogP contribution is 2.35. The van der Waals surface area contributed by atoms with Crippen molar-refractivity contribution in [2.24, 2.45) is 0 Å². The molecule has 0 N–H and O–H groups in total. The molecule has 1 heterocycles. The molecule has 1 aliphatic heterocycles. The van der Waals surface area contributed by atoms with Gasteiger partial charge in [0.25, 0.3) is 5.91 Å². The van der Waals surface area contributed by atoms with Crippen LogP contribution in [0, 0.1) is 0 Å². The van der Waals surface area contributed by atoms with E-state index in [-0.39, 0.29) is 5.91 Å². The Labute approximate surface area is 197 Å². The van der Waals surface area contributed by atoms with Crippen molar-refractivity contribution in [1.29, 1.82) is 0 Å². The molecule has 1 fully saturated rings. The van der Waals surface area contributed by atoms with Gasteiger partial charge in [-0.05, 0) is 41.8 Å². The van der Waals surface area contributed by atoms with Gasteiger partial charge in [-0.2, -0.15) is 0 Å². The number of thioether (sulfide) groups is 1. The molecular formula is C26H23NO3S2. The summed E-state index contributed by atoms with van der Waals surface area (Å²) in [6, 6.07) is 25.5. The van der Waals surface area contributed by atoms with E-state index in [1.807, 2.05) is 91.9 Å². The maximum atomic E-state index is 13.0. The number of thiocarbonyl (C=S) groups is 1. The second kappa shape index (κ2) is 10.5. The average molecular weight is 462 g/mol. The minimum absolute atomic E-state index is 0.0776. The zero-order valence-electron chi connectivity index (χ0n) is 17.7. The Bertz CT molecular complexity index is 1130. The van der Waals surface area contributed by atoms with Crippen molar-refractivity contribution < 1.29 is 14.3 Å². The van der Waals surface area contributed by atoms with Crippen LogP contribution in [0.4, 0.5) is 0 Å². The van der Waals surface area contributed by atoms with Crippen LogP contribution < -0.4 is 9.47 Å². The third-order valence-electron chi connectivity index (χ3n) is 4.86. The van der Waals surface area contributed by atoms with Gasteiger partial charge in [-0.15, -0.1) is 0 Å². The number of benzene rings is 3. The fourth-order valence-corrected chi connectivity index (χ4v) is 4.55. The first kappa shape index (κ1) is 22.1. The van der Waals surface area contributed by atoms with E-state index in [4.69, 9.17) is 21.7 Å². The number of amides is 1. The standard InChI is InChI=1S/C26H23NO3S2/c1-2-29-23-15-21(13-14-22(23)30-18-20-11-7-4-8-12-20)16-24-25(28)27(26(31)32-24)17-19-9-5-3-6-10-19/h3-16H,2,17-18H2,1H3/b24-16-. The van der Waals surface area contributed by atoms with Gasteiger partial charge in [-0.25, -0.2) is 0 Å². The summed E-state index contributed by atoms with van der Waals surface area (Å²) in [5.41, 5.74) is 2.99. The van der Waals surface area contributed by atoms with Gasteiger partial charge < -0.3 is 9.47 Å². The normalized spacial score (nSPS) is 14.8. The lowest BCUT2D eigenvalue weighted by Gasteiger charge is -2.14. The highest BCUT2D eigenvalue weighted by molar-refractivity contribution is 8.26. The lowest BCUT2D eigenvalue weighted by molar-refractivity contribution is -0.122. The van der Waals surface area contributed by atoms with E-state index in [1.54, 1.807) is 4.90 Å². The molecule has 1 amide bonds. The van der Waals surface area contributed by atoms with Gasteiger partial charge in [0.05, 0.1) is 18.1 Å². The molecular weight excluding hydrogens is 438 g/mol. The van der Waals surface area contributed by atoms with Crippen molar-refractivity contribution >= 4 is 40.3 Å². The summed E-state index contributed by atoms with van der Waals surface area (Å²) in [5, 5.41) is 0. The minimum atomic E-state index is -0.0776. The van der Waals surface area contributed by atoms with Crippen molar-refractivity contribution in [1.82, 2.24) is 4.90 Å². The molecule has 0 spiro atoms. The molecule has 1 saturated heterocycles. The predicted octanol–water partition coefficient (Wildman–Crippen LogP) is 6.07. The summed E-state index contributed by atoms with van der Waals surface area (Å²) >= 11 is 6.79. The van der Waals surface area contributed by atoms with E-state index in [1.165, 1.54) is 11.8 Å². The Hall–Kier alpha value is -3.09. The maximum absolute atomic E-state index is 13.0. The second-order valence-electron chi connectivity index (χ2n) is 7.17. The molecule has 1 aliphatic rings. The van der Waals surface area contributed by atoms with E-state index in [2.05, 4.69) is 0 Å². The monoisotopic (exact) mass is 461 g/mol. The number of hydrogen-bond acceptors (Lipinski definition) is 5. The van der Waals surface area contributed by atoms with Crippen LogP contribution in [0.15, 0.2) is 83.8 Å². The highest BCUT2D eigenvalue weighted by Gasteiger charge is 2.32. The van der Waals surface area contributed by atoms with Gasteiger partial charge >= 0.3 is 0 Å². The summed E-state index contributed by atoms with van der Waals surface area (Å²) < 4.78 is 12.3. The summed E-state index contributed by atoms with van der Waals surface area (Å²) in [5.74, 6) is 1.24. The fraction of sp³-hybridized carbons (Fsp3) is 0.154. The van der Waals surface area contributed by atoms with Crippen LogP contribution in [0.1, 0.15) is 23.6 Å².